The van der Waals surface area contributed by atoms with Gasteiger partial charge in [-0.3, -0.25) is 4.79 Å². The molecule has 0 aliphatic rings. The highest BCUT2D eigenvalue weighted by Crippen LogP contribution is 2.29. The highest BCUT2D eigenvalue weighted by molar-refractivity contribution is 5.90. The number of carboxylic acids is 1. The predicted octanol–water partition coefficient (Wildman–Crippen LogP) is 3.14. The van der Waals surface area contributed by atoms with Crippen molar-refractivity contribution in [2.75, 3.05) is 5.32 Å². The number of anilines is 1. The van der Waals surface area contributed by atoms with Crippen molar-refractivity contribution in [2.24, 2.45) is 0 Å². The van der Waals surface area contributed by atoms with Gasteiger partial charge in [-0.25, -0.2) is 4.79 Å². The van der Waals surface area contributed by atoms with E-state index in [-0.39, 0.29) is 11.5 Å². The number of benzene rings is 2. The van der Waals surface area contributed by atoms with Gasteiger partial charge in [0, 0.05) is 6.92 Å². The molecule has 0 saturated carbocycles. The SMILES string of the molecule is CC(=O)Nc1ccccc1Oc1cccc(C(=O)O)c1. The van der Waals surface area contributed by atoms with E-state index in [2.05, 4.69) is 5.32 Å². The van der Waals surface area contributed by atoms with Gasteiger partial charge >= 0.3 is 5.97 Å². The second kappa shape index (κ2) is 5.88. The Balaban J connectivity index is 2.28. The number of carbonyl (C=O) groups excluding carboxylic acids is 1. The van der Waals surface area contributed by atoms with Gasteiger partial charge in [0.1, 0.15) is 5.75 Å². The molecule has 5 heteroatoms. The minimum absolute atomic E-state index is 0.138. The smallest absolute Gasteiger partial charge is 0.335 e. The first-order valence-electron chi connectivity index (χ1n) is 5.94. The Labute approximate surface area is 115 Å². The highest BCUT2D eigenvalue weighted by atomic mass is 16.5. The summed E-state index contributed by atoms with van der Waals surface area (Å²) >= 11 is 0. The van der Waals surface area contributed by atoms with Gasteiger partial charge in [0.25, 0.3) is 0 Å². The van der Waals surface area contributed by atoms with Crippen molar-refractivity contribution in [2.45, 2.75) is 6.92 Å². The molecule has 0 spiro atoms. The van der Waals surface area contributed by atoms with Crippen LogP contribution < -0.4 is 10.1 Å². The monoisotopic (exact) mass is 271 g/mol. The highest BCUT2D eigenvalue weighted by Gasteiger charge is 2.08. The number of rotatable bonds is 4. The summed E-state index contributed by atoms with van der Waals surface area (Å²) in [5.41, 5.74) is 0.667. The number of para-hydroxylation sites is 2. The average Bonchev–Trinajstić information content (AvgIpc) is 2.41. The zero-order valence-electron chi connectivity index (χ0n) is 10.8. The molecule has 2 aromatic rings. The maximum atomic E-state index is 11.1. The van der Waals surface area contributed by atoms with Gasteiger partial charge in [0.15, 0.2) is 5.75 Å². The molecule has 20 heavy (non-hydrogen) atoms. The van der Waals surface area contributed by atoms with E-state index in [0.717, 1.165) is 0 Å². The third kappa shape index (κ3) is 3.35. The Kier molecular flexibility index (Phi) is 4.00. The fraction of sp³-hybridized carbons (Fsp3) is 0.0667. The molecule has 0 saturated heterocycles. The van der Waals surface area contributed by atoms with Crippen LogP contribution in [0, 0.1) is 0 Å². The molecule has 0 radical (unpaired) electrons. The van der Waals surface area contributed by atoms with E-state index in [1.54, 1.807) is 36.4 Å². The Morgan fingerprint density at radius 2 is 1.85 bits per heavy atom. The maximum absolute atomic E-state index is 11.1. The van der Waals surface area contributed by atoms with Gasteiger partial charge < -0.3 is 15.2 Å². The lowest BCUT2D eigenvalue weighted by Crippen LogP contribution is -2.06. The molecule has 2 N–H and O–H groups in total. The topological polar surface area (TPSA) is 75.6 Å². The average molecular weight is 271 g/mol. The number of hydrogen-bond donors (Lipinski definition) is 2. The number of amides is 1. The van der Waals surface area contributed by atoms with E-state index < -0.39 is 5.97 Å². The third-order valence-electron chi connectivity index (χ3n) is 2.51. The summed E-state index contributed by atoms with van der Waals surface area (Å²) in [7, 11) is 0. The Morgan fingerprint density at radius 3 is 2.55 bits per heavy atom. The first-order chi connectivity index (χ1) is 9.56. The minimum Gasteiger partial charge on any atom is -0.478 e. The van der Waals surface area contributed by atoms with Crippen molar-refractivity contribution in [3.05, 3.63) is 54.1 Å². The number of hydrogen-bond acceptors (Lipinski definition) is 3. The lowest BCUT2D eigenvalue weighted by atomic mass is 10.2. The van der Waals surface area contributed by atoms with E-state index in [0.29, 0.717) is 17.2 Å². The van der Waals surface area contributed by atoms with Crippen LogP contribution in [-0.2, 0) is 4.79 Å². The predicted molar refractivity (Wildman–Crippen MR) is 74.2 cm³/mol. The first-order valence-corrected chi connectivity index (χ1v) is 5.94. The number of carboxylic acid groups (broad SMARTS) is 1. The van der Waals surface area contributed by atoms with Crippen LogP contribution in [0.15, 0.2) is 48.5 Å². The van der Waals surface area contributed by atoms with Crippen LogP contribution in [0.5, 0.6) is 11.5 Å². The van der Waals surface area contributed by atoms with Crippen molar-refractivity contribution < 1.29 is 19.4 Å². The van der Waals surface area contributed by atoms with Gasteiger partial charge in [-0.15, -0.1) is 0 Å². The molecule has 2 rings (SSSR count). The second-order valence-corrected chi connectivity index (χ2v) is 4.11. The summed E-state index contributed by atoms with van der Waals surface area (Å²) in [5, 5.41) is 11.6. The summed E-state index contributed by atoms with van der Waals surface area (Å²) in [6, 6.07) is 13.1. The van der Waals surface area contributed by atoms with Crippen LogP contribution in [0.4, 0.5) is 5.69 Å². The third-order valence-corrected chi connectivity index (χ3v) is 2.51. The van der Waals surface area contributed by atoms with Crippen molar-refractivity contribution >= 4 is 17.6 Å². The molecule has 5 nitrogen and oxygen atoms in total. The second-order valence-electron chi connectivity index (χ2n) is 4.11. The van der Waals surface area contributed by atoms with Crippen molar-refractivity contribution in [1.82, 2.24) is 0 Å². The summed E-state index contributed by atoms with van der Waals surface area (Å²) in [6.45, 7) is 1.40. The first kappa shape index (κ1) is 13.6. The van der Waals surface area contributed by atoms with Crippen LogP contribution in [-0.4, -0.2) is 17.0 Å². The Morgan fingerprint density at radius 1 is 1.10 bits per heavy atom. The molecule has 1 amide bonds. The minimum atomic E-state index is -1.02. The van der Waals surface area contributed by atoms with Gasteiger partial charge in [0.2, 0.25) is 5.91 Å². The number of nitrogens with one attached hydrogen (secondary N) is 1. The van der Waals surface area contributed by atoms with E-state index in [9.17, 15) is 9.59 Å². The standard InChI is InChI=1S/C15H13NO4/c1-10(17)16-13-7-2-3-8-14(13)20-12-6-4-5-11(9-12)15(18)19/h2-9H,1H3,(H,16,17)(H,18,19). The molecule has 0 aliphatic carbocycles. The maximum Gasteiger partial charge on any atom is 0.335 e. The van der Waals surface area contributed by atoms with Crippen LogP contribution in [0.3, 0.4) is 0 Å². The van der Waals surface area contributed by atoms with Crippen LogP contribution in [0.25, 0.3) is 0 Å². The Hall–Kier alpha value is -2.82. The van der Waals surface area contributed by atoms with Gasteiger partial charge in [-0.1, -0.05) is 18.2 Å². The molecule has 0 unspecified atom stereocenters. The van der Waals surface area contributed by atoms with Gasteiger partial charge in [0.05, 0.1) is 11.3 Å². The van der Waals surface area contributed by atoms with E-state index in [1.165, 1.54) is 19.1 Å². The van der Waals surface area contributed by atoms with E-state index in [4.69, 9.17) is 9.84 Å². The van der Waals surface area contributed by atoms with Crippen LogP contribution in [0.1, 0.15) is 17.3 Å². The zero-order valence-corrected chi connectivity index (χ0v) is 10.8. The molecule has 102 valence electrons. The lowest BCUT2D eigenvalue weighted by Gasteiger charge is -2.11. The fourth-order valence-corrected chi connectivity index (χ4v) is 1.67. The van der Waals surface area contributed by atoms with E-state index >= 15 is 0 Å². The van der Waals surface area contributed by atoms with Crippen molar-refractivity contribution in [1.29, 1.82) is 0 Å². The van der Waals surface area contributed by atoms with Crippen LogP contribution >= 0.6 is 0 Å². The molecular weight excluding hydrogens is 258 g/mol. The van der Waals surface area contributed by atoms with E-state index in [1.807, 2.05) is 0 Å². The molecule has 0 aliphatic heterocycles. The summed E-state index contributed by atoms with van der Waals surface area (Å²) < 4.78 is 5.62. The molecule has 0 heterocycles. The normalized spacial score (nSPS) is 9.85. The van der Waals surface area contributed by atoms with Crippen molar-refractivity contribution in [3.63, 3.8) is 0 Å². The van der Waals surface area contributed by atoms with Crippen molar-refractivity contribution in [3.8, 4) is 11.5 Å². The van der Waals surface area contributed by atoms with Gasteiger partial charge in [-0.05, 0) is 30.3 Å². The molecule has 2 aromatic carbocycles. The van der Waals surface area contributed by atoms with Gasteiger partial charge in [-0.2, -0.15) is 0 Å². The molecule has 0 fully saturated rings. The molecule has 0 atom stereocenters. The molecule has 0 aromatic heterocycles. The molecule has 0 bridgehead atoms. The summed E-state index contributed by atoms with van der Waals surface area (Å²) in [6.07, 6.45) is 0. The number of carbonyl (C=O) groups is 2. The number of aromatic carboxylic acids is 1. The number of ether oxygens (including phenoxy) is 1. The van der Waals surface area contributed by atoms with Crippen LogP contribution in [0.2, 0.25) is 0 Å². The Bertz CT molecular complexity index is 652. The lowest BCUT2D eigenvalue weighted by molar-refractivity contribution is -0.114. The summed E-state index contributed by atoms with van der Waals surface area (Å²) in [4.78, 5) is 22.0. The molecular formula is C15H13NO4. The fourth-order valence-electron chi connectivity index (χ4n) is 1.67. The zero-order chi connectivity index (χ0) is 14.5. The largest absolute Gasteiger partial charge is 0.478 e. The quantitative estimate of drug-likeness (QED) is 0.895. The summed E-state index contributed by atoms with van der Waals surface area (Å²) in [5.74, 6) is -0.390.